The Morgan fingerprint density at radius 3 is 2.17 bits per heavy atom. The first-order valence-corrected chi connectivity index (χ1v) is 3.51. The van der Waals surface area contributed by atoms with Crippen molar-refractivity contribution in [3.8, 4) is 0 Å². The van der Waals surface area contributed by atoms with E-state index in [0.29, 0.717) is 0 Å². The number of hydrogen-bond donors (Lipinski definition) is 0. The van der Waals surface area contributed by atoms with Gasteiger partial charge in [0.25, 0.3) is 0 Å². The van der Waals surface area contributed by atoms with Crippen LogP contribution >= 0.6 is 0 Å². The Labute approximate surface area is 70.1 Å². The summed E-state index contributed by atoms with van der Waals surface area (Å²) in [5, 5.41) is 0. The minimum atomic E-state index is -4.21. The topological polar surface area (TPSA) is 0 Å². The molecule has 68 valence electrons. The summed E-state index contributed by atoms with van der Waals surface area (Å²) in [5.41, 5.74) is 0.932. The van der Waals surface area contributed by atoms with Crippen LogP contribution in [0.5, 0.6) is 0 Å². The molecule has 0 aliphatic heterocycles. The van der Waals surface area contributed by atoms with Crippen molar-refractivity contribution in [2.75, 3.05) is 0 Å². The van der Waals surface area contributed by atoms with Crippen LogP contribution in [0.25, 0.3) is 0 Å². The molecule has 0 fully saturated rings. The van der Waals surface area contributed by atoms with Crippen molar-refractivity contribution in [3.05, 3.63) is 36.0 Å². The molecule has 12 heavy (non-hydrogen) atoms. The Morgan fingerprint density at radius 1 is 1.17 bits per heavy atom. The molecule has 0 atom stereocenters. The first-order valence-electron chi connectivity index (χ1n) is 3.51. The second-order valence-corrected chi connectivity index (χ2v) is 2.29. The van der Waals surface area contributed by atoms with E-state index in [4.69, 9.17) is 0 Å². The second-order valence-electron chi connectivity index (χ2n) is 2.29. The summed E-state index contributed by atoms with van der Waals surface area (Å²) < 4.78 is 34.6. The summed E-state index contributed by atoms with van der Waals surface area (Å²) in [6, 6.07) is 0. The Balaban J connectivity index is 3.99. The number of halogens is 3. The van der Waals surface area contributed by atoms with Gasteiger partial charge in [-0.15, -0.1) is 0 Å². The van der Waals surface area contributed by atoms with Gasteiger partial charge in [0.15, 0.2) is 0 Å². The van der Waals surface area contributed by atoms with Gasteiger partial charge in [0.05, 0.1) is 0 Å². The summed E-state index contributed by atoms with van der Waals surface area (Å²) in [7, 11) is 0. The van der Waals surface area contributed by atoms with Gasteiger partial charge in [-0.25, -0.2) is 0 Å². The zero-order chi connectivity index (χ0) is 9.61. The van der Waals surface area contributed by atoms with E-state index in [1.54, 1.807) is 6.08 Å². The third-order valence-electron chi connectivity index (χ3n) is 1.21. The van der Waals surface area contributed by atoms with Gasteiger partial charge in [0, 0.05) is 6.08 Å². The fourth-order valence-corrected chi connectivity index (χ4v) is 0.468. The monoisotopic (exact) mass is 176 g/mol. The molecule has 3 heteroatoms. The third-order valence-corrected chi connectivity index (χ3v) is 1.21. The van der Waals surface area contributed by atoms with Crippen LogP contribution in [-0.2, 0) is 0 Å². The minimum absolute atomic E-state index is 0.201. The zero-order valence-electron chi connectivity index (χ0n) is 7.02. The molecule has 0 aliphatic carbocycles. The van der Waals surface area contributed by atoms with Crippen molar-refractivity contribution in [3.63, 3.8) is 0 Å². The molecule has 0 amide bonds. The highest BCUT2D eigenvalue weighted by Gasteiger charge is 2.21. The van der Waals surface area contributed by atoms with Crippen LogP contribution < -0.4 is 0 Å². The number of rotatable bonds is 2. The van der Waals surface area contributed by atoms with Gasteiger partial charge < -0.3 is 0 Å². The number of alkyl halides is 3. The highest BCUT2D eigenvalue weighted by atomic mass is 19.4. The van der Waals surface area contributed by atoms with E-state index >= 15 is 0 Å². The molecular formula is C9H11F3. The van der Waals surface area contributed by atoms with E-state index in [0.717, 1.165) is 11.6 Å². The normalized spacial score (nSPS) is 14.9. The number of hydrogen-bond acceptors (Lipinski definition) is 0. The Bertz CT molecular complexity index is 206. The number of allylic oxidation sites excluding steroid dienone is 6. The van der Waals surface area contributed by atoms with E-state index in [1.165, 1.54) is 6.08 Å². The molecule has 0 spiro atoms. The average molecular weight is 176 g/mol. The van der Waals surface area contributed by atoms with Crippen molar-refractivity contribution in [1.29, 1.82) is 0 Å². The van der Waals surface area contributed by atoms with Crippen LogP contribution in [0.2, 0.25) is 0 Å². The van der Waals surface area contributed by atoms with Gasteiger partial charge in [0.2, 0.25) is 0 Å². The maximum absolute atomic E-state index is 11.5. The molecule has 0 N–H and O–H groups in total. The molecule has 0 saturated heterocycles. The predicted molar refractivity (Wildman–Crippen MR) is 43.8 cm³/mol. The van der Waals surface area contributed by atoms with Crippen molar-refractivity contribution < 1.29 is 13.2 Å². The second kappa shape index (κ2) is 4.80. The lowest BCUT2D eigenvalue weighted by molar-refractivity contribution is -0.0798. The van der Waals surface area contributed by atoms with E-state index in [9.17, 15) is 13.2 Å². The molecule has 0 saturated carbocycles. The molecule has 0 nitrogen and oxygen atoms in total. The molecule has 0 aromatic rings. The summed E-state index contributed by atoms with van der Waals surface area (Å²) in [6.45, 7) is 3.64. The van der Waals surface area contributed by atoms with E-state index < -0.39 is 6.18 Å². The molecule has 0 aromatic carbocycles. The Morgan fingerprint density at radius 2 is 1.75 bits per heavy atom. The van der Waals surface area contributed by atoms with E-state index in [2.05, 4.69) is 0 Å². The largest absolute Gasteiger partial charge is 0.409 e. The van der Waals surface area contributed by atoms with Crippen molar-refractivity contribution in [2.24, 2.45) is 0 Å². The first kappa shape index (κ1) is 11.0. The lowest BCUT2D eigenvalue weighted by Gasteiger charge is -1.94. The SMILES string of the molecule is C\C=C(C)/C=C\C=C\C(F)(F)F. The van der Waals surface area contributed by atoms with Crippen molar-refractivity contribution in [2.45, 2.75) is 20.0 Å². The smallest absolute Gasteiger partial charge is 0.167 e. The van der Waals surface area contributed by atoms with Crippen LogP contribution in [0.3, 0.4) is 0 Å². The zero-order valence-corrected chi connectivity index (χ0v) is 7.02. The maximum Gasteiger partial charge on any atom is 0.409 e. The molecule has 0 unspecified atom stereocenters. The summed E-state index contributed by atoms with van der Waals surface area (Å²) in [5.74, 6) is 0. The van der Waals surface area contributed by atoms with Crippen molar-refractivity contribution >= 4 is 0 Å². The van der Waals surface area contributed by atoms with Gasteiger partial charge in [-0.05, 0) is 13.8 Å². The summed E-state index contributed by atoms with van der Waals surface area (Å²) in [6.07, 6.45) is 1.76. The maximum atomic E-state index is 11.5. The van der Waals surface area contributed by atoms with Gasteiger partial charge in [-0.1, -0.05) is 29.9 Å². The standard InChI is InChI=1S/C9H11F3/c1-3-8(2)6-4-5-7-9(10,11)12/h3-7H,1-2H3/b6-4-,7-5+,8-3-. The van der Waals surface area contributed by atoms with E-state index in [1.807, 2.05) is 19.9 Å². The quantitative estimate of drug-likeness (QED) is 0.563. The fourth-order valence-electron chi connectivity index (χ4n) is 0.468. The fraction of sp³-hybridized carbons (Fsp3) is 0.333. The van der Waals surface area contributed by atoms with Gasteiger partial charge in [-0.2, -0.15) is 13.2 Å². The average Bonchev–Trinajstić information content (AvgIpc) is 1.96. The lowest BCUT2D eigenvalue weighted by atomic mass is 10.2. The van der Waals surface area contributed by atoms with Crippen molar-refractivity contribution in [1.82, 2.24) is 0 Å². The van der Waals surface area contributed by atoms with Crippen LogP contribution in [0.15, 0.2) is 36.0 Å². The minimum Gasteiger partial charge on any atom is -0.167 e. The summed E-state index contributed by atoms with van der Waals surface area (Å²) in [4.78, 5) is 0. The third kappa shape index (κ3) is 7.12. The van der Waals surface area contributed by atoms with Crippen LogP contribution in [0, 0.1) is 0 Å². The molecule has 0 bridgehead atoms. The van der Waals surface area contributed by atoms with Gasteiger partial charge >= 0.3 is 6.18 Å². The molecular weight excluding hydrogens is 165 g/mol. The van der Waals surface area contributed by atoms with Crippen LogP contribution in [-0.4, -0.2) is 6.18 Å². The van der Waals surface area contributed by atoms with Crippen LogP contribution in [0.1, 0.15) is 13.8 Å². The first-order chi connectivity index (χ1) is 5.45. The molecule has 0 aromatic heterocycles. The lowest BCUT2D eigenvalue weighted by Crippen LogP contribution is -1.99. The summed E-state index contributed by atoms with van der Waals surface area (Å²) >= 11 is 0. The Kier molecular flexibility index (Phi) is 4.40. The van der Waals surface area contributed by atoms with Gasteiger partial charge in [-0.3, -0.25) is 0 Å². The highest BCUT2D eigenvalue weighted by molar-refractivity contribution is 5.19. The molecule has 0 rings (SSSR count). The van der Waals surface area contributed by atoms with Crippen LogP contribution in [0.4, 0.5) is 13.2 Å². The molecule has 0 heterocycles. The molecule has 0 aliphatic rings. The molecule has 0 radical (unpaired) electrons. The van der Waals surface area contributed by atoms with E-state index in [-0.39, 0.29) is 6.08 Å². The Hall–Kier alpha value is -0.990. The highest BCUT2D eigenvalue weighted by Crippen LogP contribution is 2.15. The predicted octanol–water partition coefficient (Wildman–Crippen LogP) is 3.63. The van der Waals surface area contributed by atoms with Gasteiger partial charge in [0.1, 0.15) is 0 Å².